The quantitative estimate of drug-likeness (QED) is 0.628. The maximum atomic E-state index is 13.6. The SMILES string of the molecule is Cl.N[C@H](c1ccc(OC(F)(F)F)cc1)c1c(F)c(F)cc(F)c1F. The van der Waals surface area contributed by atoms with Crippen LogP contribution in [0, 0.1) is 23.3 Å². The zero-order valence-electron chi connectivity index (χ0n) is 11.5. The van der Waals surface area contributed by atoms with Crippen LogP contribution in [0.5, 0.6) is 5.75 Å². The summed E-state index contributed by atoms with van der Waals surface area (Å²) >= 11 is 0. The number of benzene rings is 2. The Bertz CT molecular complexity index is 692. The molecule has 24 heavy (non-hydrogen) atoms. The molecule has 0 unspecified atom stereocenters. The van der Waals surface area contributed by atoms with Crippen molar-refractivity contribution in [2.24, 2.45) is 5.73 Å². The average molecular weight is 376 g/mol. The first-order valence-corrected chi connectivity index (χ1v) is 6.04. The van der Waals surface area contributed by atoms with Gasteiger partial charge < -0.3 is 10.5 Å². The first-order chi connectivity index (χ1) is 10.6. The van der Waals surface area contributed by atoms with Crippen molar-refractivity contribution < 1.29 is 35.5 Å². The van der Waals surface area contributed by atoms with Gasteiger partial charge in [0.1, 0.15) is 5.75 Å². The molecule has 0 fully saturated rings. The summed E-state index contributed by atoms with van der Waals surface area (Å²) < 4.78 is 93.3. The van der Waals surface area contributed by atoms with Crippen LogP contribution >= 0.6 is 12.4 Å². The Morgan fingerprint density at radius 2 is 1.33 bits per heavy atom. The second kappa shape index (κ2) is 7.27. The first kappa shape index (κ1) is 20.0. The number of hydrogen-bond donors (Lipinski definition) is 1. The third-order valence-electron chi connectivity index (χ3n) is 2.93. The molecule has 0 spiro atoms. The molecule has 132 valence electrons. The minimum atomic E-state index is -4.91. The molecule has 0 radical (unpaired) electrons. The summed E-state index contributed by atoms with van der Waals surface area (Å²) in [6, 6.07) is 2.10. The predicted octanol–water partition coefficient (Wildman–Crippen LogP) is 4.61. The highest BCUT2D eigenvalue weighted by Crippen LogP contribution is 2.30. The monoisotopic (exact) mass is 375 g/mol. The molecule has 0 saturated carbocycles. The lowest BCUT2D eigenvalue weighted by Crippen LogP contribution is -2.19. The molecular formula is C14H9ClF7NO. The van der Waals surface area contributed by atoms with E-state index in [0.29, 0.717) is 0 Å². The lowest BCUT2D eigenvalue weighted by Gasteiger charge is -2.16. The topological polar surface area (TPSA) is 35.2 Å². The molecule has 0 aliphatic rings. The third-order valence-corrected chi connectivity index (χ3v) is 2.93. The number of nitrogens with two attached hydrogens (primary N) is 1. The van der Waals surface area contributed by atoms with Gasteiger partial charge in [0.25, 0.3) is 0 Å². The van der Waals surface area contributed by atoms with Gasteiger partial charge in [-0.15, -0.1) is 25.6 Å². The zero-order valence-corrected chi connectivity index (χ0v) is 12.3. The number of halogens is 8. The van der Waals surface area contributed by atoms with Gasteiger partial charge in [-0.25, -0.2) is 17.6 Å². The number of rotatable bonds is 3. The number of ether oxygens (including phenoxy) is 1. The Kier molecular flexibility index (Phi) is 6.07. The Hall–Kier alpha value is -2.00. The first-order valence-electron chi connectivity index (χ1n) is 6.04. The molecule has 2 N–H and O–H groups in total. The molecule has 1 atom stereocenters. The van der Waals surface area contributed by atoms with E-state index < -0.39 is 47.0 Å². The van der Waals surface area contributed by atoms with Gasteiger partial charge in [-0.3, -0.25) is 0 Å². The van der Waals surface area contributed by atoms with Crippen molar-refractivity contribution in [2.45, 2.75) is 12.4 Å². The fourth-order valence-corrected chi connectivity index (χ4v) is 1.91. The van der Waals surface area contributed by atoms with Crippen LogP contribution in [0.2, 0.25) is 0 Å². The van der Waals surface area contributed by atoms with Crippen LogP contribution in [-0.4, -0.2) is 6.36 Å². The second-order valence-electron chi connectivity index (χ2n) is 4.48. The van der Waals surface area contributed by atoms with Crippen LogP contribution in [0.1, 0.15) is 17.2 Å². The normalized spacial score (nSPS) is 12.5. The Morgan fingerprint density at radius 3 is 1.75 bits per heavy atom. The summed E-state index contributed by atoms with van der Waals surface area (Å²) in [5.74, 6) is -7.20. The Labute approximate surface area is 137 Å². The van der Waals surface area contributed by atoms with Crippen LogP contribution < -0.4 is 10.5 Å². The maximum absolute atomic E-state index is 13.6. The highest BCUT2D eigenvalue weighted by molar-refractivity contribution is 5.85. The van der Waals surface area contributed by atoms with E-state index in [-0.39, 0.29) is 24.0 Å². The smallest absolute Gasteiger partial charge is 0.406 e. The number of alkyl halides is 3. The van der Waals surface area contributed by atoms with Crippen molar-refractivity contribution in [2.75, 3.05) is 0 Å². The van der Waals surface area contributed by atoms with Gasteiger partial charge in [-0.2, -0.15) is 0 Å². The zero-order chi connectivity index (χ0) is 17.4. The van der Waals surface area contributed by atoms with E-state index in [0.717, 1.165) is 24.3 Å². The van der Waals surface area contributed by atoms with E-state index in [2.05, 4.69) is 4.74 Å². The van der Waals surface area contributed by atoms with Crippen molar-refractivity contribution in [3.8, 4) is 5.75 Å². The molecule has 2 aromatic carbocycles. The van der Waals surface area contributed by atoms with Crippen molar-refractivity contribution in [3.05, 3.63) is 64.7 Å². The molecule has 10 heteroatoms. The molecule has 0 heterocycles. The fourth-order valence-electron chi connectivity index (χ4n) is 1.91. The van der Waals surface area contributed by atoms with Crippen LogP contribution in [0.25, 0.3) is 0 Å². The van der Waals surface area contributed by atoms with Crippen LogP contribution in [0.4, 0.5) is 30.7 Å². The molecule has 0 aromatic heterocycles. The van der Waals surface area contributed by atoms with E-state index in [1.807, 2.05) is 0 Å². The molecule has 0 bridgehead atoms. The van der Waals surface area contributed by atoms with E-state index in [9.17, 15) is 30.7 Å². The van der Waals surface area contributed by atoms with Crippen molar-refractivity contribution >= 4 is 12.4 Å². The van der Waals surface area contributed by atoms with Crippen molar-refractivity contribution in [1.82, 2.24) is 0 Å². The van der Waals surface area contributed by atoms with Crippen LogP contribution in [-0.2, 0) is 0 Å². The van der Waals surface area contributed by atoms with Gasteiger partial charge in [0.05, 0.1) is 11.6 Å². The molecular weight excluding hydrogens is 367 g/mol. The van der Waals surface area contributed by atoms with E-state index in [4.69, 9.17) is 5.73 Å². The number of hydrogen-bond acceptors (Lipinski definition) is 2. The second-order valence-corrected chi connectivity index (χ2v) is 4.48. The van der Waals surface area contributed by atoms with Crippen LogP contribution in [0.3, 0.4) is 0 Å². The van der Waals surface area contributed by atoms with Gasteiger partial charge in [-0.05, 0) is 17.7 Å². The third kappa shape index (κ3) is 4.30. The molecule has 2 nitrogen and oxygen atoms in total. The standard InChI is InChI=1S/C14H8F7NO.ClH/c15-8-5-9(16)12(18)10(11(8)17)13(22)6-1-3-7(4-2-6)23-14(19,20)21;/h1-5,13H,22H2;1H/t13-;/m1./s1. The summed E-state index contributed by atoms with van der Waals surface area (Å²) in [5.41, 5.74) is 4.43. The minimum Gasteiger partial charge on any atom is -0.406 e. The van der Waals surface area contributed by atoms with Gasteiger partial charge in [0.15, 0.2) is 23.3 Å². The van der Waals surface area contributed by atoms with E-state index in [1.54, 1.807) is 0 Å². The van der Waals surface area contributed by atoms with Gasteiger partial charge >= 0.3 is 6.36 Å². The minimum absolute atomic E-state index is 0. The fraction of sp³-hybridized carbons (Fsp3) is 0.143. The van der Waals surface area contributed by atoms with E-state index in [1.165, 1.54) is 0 Å². The summed E-state index contributed by atoms with van der Waals surface area (Å²) in [6.45, 7) is 0. The van der Waals surface area contributed by atoms with Crippen LogP contribution in [0.15, 0.2) is 30.3 Å². The predicted molar refractivity (Wildman–Crippen MR) is 72.7 cm³/mol. The lowest BCUT2D eigenvalue weighted by molar-refractivity contribution is -0.274. The van der Waals surface area contributed by atoms with Crippen molar-refractivity contribution in [3.63, 3.8) is 0 Å². The molecule has 0 aliphatic heterocycles. The van der Waals surface area contributed by atoms with E-state index >= 15 is 0 Å². The highest BCUT2D eigenvalue weighted by atomic mass is 35.5. The molecule has 2 aromatic rings. The summed E-state index contributed by atoms with van der Waals surface area (Å²) in [7, 11) is 0. The Balaban J connectivity index is 0.00000288. The van der Waals surface area contributed by atoms with Gasteiger partial charge in [0.2, 0.25) is 0 Å². The molecule has 0 saturated heterocycles. The molecule has 2 rings (SSSR count). The largest absolute Gasteiger partial charge is 0.573 e. The maximum Gasteiger partial charge on any atom is 0.573 e. The van der Waals surface area contributed by atoms with Gasteiger partial charge in [-0.1, -0.05) is 12.1 Å². The summed E-state index contributed by atoms with van der Waals surface area (Å²) in [6.07, 6.45) is -4.91. The lowest BCUT2D eigenvalue weighted by atomic mass is 9.98. The molecule has 0 aliphatic carbocycles. The summed E-state index contributed by atoms with van der Waals surface area (Å²) in [5, 5.41) is 0. The summed E-state index contributed by atoms with van der Waals surface area (Å²) in [4.78, 5) is 0. The highest BCUT2D eigenvalue weighted by Gasteiger charge is 2.31. The van der Waals surface area contributed by atoms with Crippen molar-refractivity contribution in [1.29, 1.82) is 0 Å². The Morgan fingerprint density at radius 1 is 0.875 bits per heavy atom. The molecule has 0 amide bonds. The average Bonchev–Trinajstić information content (AvgIpc) is 2.44. The van der Waals surface area contributed by atoms with Gasteiger partial charge in [0, 0.05) is 6.07 Å².